The van der Waals surface area contributed by atoms with Gasteiger partial charge >= 0.3 is 0 Å². The minimum Gasteiger partial charge on any atom is -0.306 e. The van der Waals surface area contributed by atoms with Crippen LogP contribution in [0.2, 0.25) is 0 Å². The number of piperidine rings is 1. The van der Waals surface area contributed by atoms with Crippen LogP contribution in [0.15, 0.2) is 0 Å². The van der Waals surface area contributed by atoms with Crippen LogP contribution in [0.4, 0.5) is 0 Å². The van der Waals surface area contributed by atoms with Gasteiger partial charge in [0.2, 0.25) is 0 Å². The Kier molecular flexibility index (Phi) is 11.3. The molecule has 1 N–H and O–H groups in total. The molecule has 0 aromatic rings. The number of hydrogen-bond donors (Lipinski definition) is 1. The summed E-state index contributed by atoms with van der Waals surface area (Å²) >= 11 is 0. The fourth-order valence-electron chi connectivity index (χ4n) is 2.07. The number of hydrogen-bond acceptors (Lipinski definition) is 5. The lowest BCUT2D eigenvalue weighted by atomic mass is 10.1. The van der Waals surface area contributed by atoms with E-state index in [1.54, 1.807) is 5.01 Å². The summed E-state index contributed by atoms with van der Waals surface area (Å²) in [7, 11) is 4.20. The second kappa shape index (κ2) is 11.9. The van der Waals surface area contributed by atoms with E-state index in [4.69, 9.17) is 0 Å². The van der Waals surface area contributed by atoms with Crippen molar-refractivity contribution >= 4 is 0 Å². The summed E-state index contributed by atoms with van der Waals surface area (Å²) < 4.78 is 0. The van der Waals surface area contributed by atoms with E-state index in [1.807, 2.05) is 20.9 Å². The molecule has 2 aliphatic rings. The molecular weight excluding hydrogens is 258 g/mol. The molecule has 2 rings (SSSR count). The van der Waals surface area contributed by atoms with Crippen molar-refractivity contribution in [1.29, 1.82) is 0 Å². The monoisotopic (exact) mass is 289 g/mol. The molecule has 0 saturated carbocycles. The number of nitrogens with one attached hydrogen (secondary N) is 1. The highest BCUT2D eigenvalue weighted by Crippen LogP contribution is 2.04. The molecule has 0 amide bonds. The van der Waals surface area contributed by atoms with Gasteiger partial charge in [0.1, 0.15) is 0 Å². The quantitative estimate of drug-likeness (QED) is 0.606. The summed E-state index contributed by atoms with van der Waals surface area (Å²) in [4.78, 5) is 14.5. The lowest BCUT2D eigenvalue weighted by Crippen LogP contribution is -2.52. The first-order chi connectivity index (χ1) is 9.58. The van der Waals surface area contributed by atoms with Gasteiger partial charge in [-0.25, -0.2) is 10.1 Å². The average Bonchev–Trinajstić information content (AvgIpc) is 2.45. The molecule has 120 valence electrons. The maximum atomic E-state index is 9.99. The van der Waals surface area contributed by atoms with Crippen LogP contribution in [-0.2, 0) is 0 Å². The van der Waals surface area contributed by atoms with E-state index in [0.29, 0.717) is 13.1 Å². The summed E-state index contributed by atoms with van der Waals surface area (Å²) in [6.07, 6.45) is 4.28. The molecule has 0 spiro atoms. The third-order valence-corrected chi connectivity index (χ3v) is 3.31. The van der Waals surface area contributed by atoms with E-state index in [2.05, 4.69) is 22.4 Å². The largest absolute Gasteiger partial charge is 0.306 e. The van der Waals surface area contributed by atoms with E-state index < -0.39 is 5.03 Å². The molecule has 2 saturated heterocycles. The van der Waals surface area contributed by atoms with Gasteiger partial charge in [0.25, 0.3) is 0 Å². The van der Waals surface area contributed by atoms with E-state index in [1.165, 1.54) is 32.4 Å². The summed E-state index contributed by atoms with van der Waals surface area (Å²) in [6, 6.07) is 0. The zero-order chi connectivity index (χ0) is 15.4. The fraction of sp³-hybridized carbons (Fsp3) is 1.00. The maximum absolute atomic E-state index is 9.99. The standard InChI is InChI=1S/C6H13N.C5H12N4O2.C2H6/c1-7-5-3-2-4-6-7;1-7-2-4-8(5-3-7)6-9(10)11;1-2/h2-6H2,1H3;6H,2-5H2,1H3;1-2H3. The second-order valence-electron chi connectivity index (χ2n) is 5.01. The van der Waals surface area contributed by atoms with Crippen molar-refractivity contribution in [2.45, 2.75) is 33.1 Å². The number of nitro groups is 1. The molecular formula is C13H31N5O2. The van der Waals surface area contributed by atoms with Gasteiger partial charge in [-0.3, -0.25) is 0 Å². The predicted molar refractivity (Wildman–Crippen MR) is 81.9 cm³/mol. The van der Waals surface area contributed by atoms with Crippen LogP contribution in [0.5, 0.6) is 0 Å². The van der Waals surface area contributed by atoms with Gasteiger partial charge < -0.3 is 9.80 Å². The molecule has 2 fully saturated rings. The van der Waals surface area contributed by atoms with Crippen molar-refractivity contribution in [2.75, 3.05) is 53.4 Å². The SMILES string of the molecule is CC.CN1CCCCC1.CN1CCN(N[N+](=O)[O-])CC1. The number of hydrazine groups is 2. The molecule has 2 heterocycles. The Morgan fingerprint density at radius 2 is 1.30 bits per heavy atom. The van der Waals surface area contributed by atoms with Gasteiger partial charge in [-0.1, -0.05) is 25.8 Å². The molecule has 0 bridgehead atoms. The predicted octanol–water partition coefficient (Wildman–Crippen LogP) is 1.06. The minimum absolute atomic E-state index is 0.522. The van der Waals surface area contributed by atoms with Gasteiger partial charge in [-0.2, -0.15) is 5.01 Å². The molecule has 0 radical (unpaired) electrons. The number of nitrogens with zero attached hydrogens (tertiary/aromatic N) is 4. The number of rotatable bonds is 2. The van der Waals surface area contributed by atoms with Crippen LogP contribution < -0.4 is 5.53 Å². The Balaban J connectivity index is 0.000000345. The molecule has 7 heteroatoms. The van der Waals surface area contributed by atoms with Crippen LogP contribution >= 0.6 is 0 Å². The van der Waals surface area contributed by atoms with Crippen LogP contribution in [0.25, 0.3) is 0 Å². The van der Waals surface area contributed by atoms with Gasteiger partial charge in [-0.05, 0) is 40.0 Å². The zero-order valence-corrected chi connectivity index (χ0v) is 13.5. The van der Waals surface area contributed by atoms with Crippen LogP contribution in [0.3, 0.4) is 0 Å². The smallest absolute Gasteiger partial charge is 0.173 e. The third kappa shape index (κ3) is 9.94. The number of piperazine rings is 1. The molecule has 0 aromatic heterocycles. The Bertz CT molecular complexity index is 239. The summed E-state index contributed by atoms with van der Waals surface area (Å²) in [5.74, 6) is 0. The zero-order valence-electron chi connectivity index (χ0n) is 13.5. The van der Waals surface area contributed by atoms with Gasteiger partial charge in [-0.15, -0.1) is 0 Å². The Morgan fingerprint density at radius 3 is 1.65 bits per heavy atom. The highest BCUT2D eigenvalue weighted by Gasteiger charge is 2.15. The van der Waals surface area contributed by atoms with Crippen LogP contribution in [0, 0.1) is 10.1 Å². The van der Waals surface area contributed by atoms with Crippen molar-refractivity contribution in [3.63, 3.8) is 0 Å². The van der Waals surface area contributed by atoms with Crippen LogP contribution in [0.1, 0.15) is 33.1 Å². The van der Waals surface area contributed by atoms with Gasteiger partial charge in [0.15, 0.2) is 5.03 Å². The van der Waals surface area contributed by atoms with Crippen LogP contribution in [-0.4, -0.2) is 73.2 Å². The average molecular weight is 289 g/mol. The van der Waals surface area contributed by atoms with Crippen molar-refractivity contribution < 1.29 is 5.03 Å². The third-order valence-electron chi connectivity index (χ3n) is 3.31. The lowest BCUT2D eigenvalue weighted by Gasteiger charge is -2.28. The highest BCUT2D eigenvalue weighted by atomic mass is 16.7. The molecule has 0 aliphatic carbocycles. The Morgan fingerprint density at radius 1 is 0.850 bits per heavy atom. The van der Waals surface area contributed by atoms with Gasteiger partial charge in [0.05, 0.1) is 0 Å². The first kappa shape index (κ1) is 19.1. The maximum Gasteiger partial charge on any atom is 0.173 e. The normalized spacial score (nSPS) is 21.0. The summed E-state index contributed by atoms with van der Waals surface area (Å²) in [5, 5.41) is 11.1. The van der Waals surface area contributed by atoms with E-state index >= 15 is 0 Å². The molecule has 0 aromatic carbocycles. The van der Waals surface area contributed by atoms with Crippen molar-refractivity contribution in [2.24, 2.45) is 0 Å². The Hall–Kier alpha value is -0.920. The van der Waals surface area contributed by atoms with E-state index in [-0.39, 0.29) is 0 Å². The molecule has 2 aliphatic heterocycles. The van der Waals surface area contributed by atoms with Crippen molar-refractivity contribution in [3.05, 3.63) is 10.1 Å². The molecule has 0 unspecified atom stereocenters. The lowest BCUT2D eigenvalue weighted by molar-refractivity contribution is -0.579. The molecule has 20 heavy (non-hydrogen) atoms. The summed E-state index contributed by atoms with van der Waals surface area (Å²) in [6.45, 7) is 9.80. The highest BCUT2D eigenvalue weighted by molar-refractivity contribution is 4.63. The number of likely N-dealkylation sites (N-methyl/N-ethyl adjacent to an activating group) is 1. The van der Waals surface area contributed by atoms with E-state index in [9.17, 15) is 10.1 Å². The molecule has 7 nitrogen and oxygen atoms in total. The van der Waals surface area contributed by atoms with Crippen molar-refractivity contribution in [3.8, 4) is 0 Å². The number of likely N-dealkylation sites (tertiary alicyclic amines) is 1. The molecule has 0 atom stereocenters. The topological polar surface area (TPSA) is 64.9 Å². The van der Waals surface area contributed by atoms with E-state index in [0.717, 1.165) is 13.1 Å². The minimum atomic E-state index is -0.522. The van der Waals surface area contributed by atoms with Gasteiger partial charge in [0, 0.05) is 26.2 Å². The second-order valence-corrected chi connectivity index (χ2v) is 5.01. The Labute approximate surface area is 123 Å². The first-order valence-electron chi connectivity index (χ1n) is 7.60. The fourth-order valence-corrected chi connectivity index (χ4v) is 2.07. The summed E-state index contributed by atoms with van der Waals surface area (Å²) in [5.41, 5.74) is 2.13. The van der Waals surface area contributed by atoms with Crippen molar-refractivity contribution in [1.82, 2.24) is 20.3 Å². The first-order valence-corrected chi connectivity index (χ1v) is 7.60.